The lowest BCUT2D eigenvalue weighted by atomic mass is 10.1. The second-order valence-corrected chi connectivity index (χ2v) is 6.59. The monoisotopic (exact) mass is 406 g/mol. The number of benzene rings is 1. The number of carbonyl (C=O) groups is 2. The summed E-state index contributed by atoms with van der Waals surface area (Å²) in [4.78, 5) is 26.3. The SMILES string of the molecule is CCCN(CCC)C(=O)Cc1ccc(NC(=O)c2ccc(Br)o2)cc1. The molecule has 6 heteroatoms. The van der Waals surface area contributed by atoms with Crippen LogP contribution in [0.15, 0.2) is 45.5 Å². The van der Waals surface area contributed by atoms with Gasteiger partial charge in [-0.05, 0) is 58.6 Å². The van der Waals surface area contributed by atoms with Crippen LogP contribution in [0.5, 0.6) is 0 Å². The van der Waals surface area contributed by atoms with Gasteiger partial charge in [0.15, 0.2) is 10.4 Å². The second kappa shape index (κ2) is 9.42. The molecule has 1 aromatic heterocycles. The summed E-state index contributed by atoms with van der Waals surface area (Å²) in [7, 11) is 0. The molecule has 2 rings (SSSR count). The Morgan fingerprint density at radius 1 is 1.04 bits per heavy atom. The van der Waals surface area contributed by atoms with Crippen LogP contribution in [0.1, 0.15) is 42.8 Å². The van der Waals surface area contributed by atoms with Crippen LogP contribution in [0, 0.1) is 0 Å². The molecule has 0 aliphatic heterocycles. The van der Waals surface area contributed by atoms with E-state index in [4.69, 9.17) is 4.42 Å². The Morgan fingerprint density at radius 3 is 2.20 bits per heavy atom. The first-order valence-electron chi connectivity index (χ1n) is 8.46. The molecule has 0 aliphatic carbocycles. The van der Waals surface area contributed by atoms with E-state index in [1.165, 1.54) is 0 Å². The number of hydrogen-bond donors (Lipinski definition) is 1. The zero-order chi connectivity index (χ0) is 18.2. The van der Waals surface area contributed by atoms with Crippen LogP contribution in [0.2, 0.25) is 0 Å². The Balaban J connectivity index is 1.95. The zero-order valence-corrected chi connectivity index (χ0v) is 16.1. The third-order valence-electron chi connectivity index (χ3n) is 3.70. The minimum atomic E-state index is -0.313. The molecule has 0 fully saturated rings. The summed E-state index contributed by atoms with van der Waals surface area (Å²) >= 11 is 3.17. The van der Waals surface area contributed by atoms with Gasteiger partial charge in [-0.15, -0.1) is 0 Å². The van der Waals surface area contributed by atoms with Gasteiger partial charge >= 0.3 is 0 Å². The smallest absolute Gasteiger partial charge is 0.291 e. The highest BCUT2D eigenvalue weighted by molar-refractivity contribution is 9.10. The summed E-state index contributed by atoms with van der Waals surface area (Å²) in [6, 6.07) is 10.6. The van der Waals surface area contributed by atoms with Crippen molar-refractivity contribution in [3.63, 3.8) is 0 Å². The quantitative estimate of drug-likeness (QED) is 0.702. The number of carbonyl (C=O) groups excluding carboxylic acids is 2. The standard InChI is InChI=1S/C19H23BrN2O3/c1-3-11-22(12-4-2)18(23)13-14-5-7-15(8-6-14)21-19(24)16-9-10-17(20)25-16/h5-10H,3-4,11-13H2,1-2H3,(H,21,24). The van der Waals surface area contributed by atoms with Crippen LogP contribution in [0.3, 0.4) is 0 Å². The summed E-state index contributed by atoms with van der Waals surface area (Å²) in [5, 5.41) is 2.77. The maximum atomic E-state index is 12.4. The minimum absolute atomic E-state index is 0.140. The van der Waals surface area contributed by atoms with E-state index in [0.717, 1.165) is 31.5 Å². The van der Waals surface area contributed by atoms with Gasteiger partial charge in [-0.25, -0.2) is 0 Å². The van der Waals surface area contributed by atoms with Gasteiger partial charge in [0.25, 0.3) is 5.91 Å². The molecule has 1 N–H and O–H groups in total. The third-order valence-corrected chi connectivity index (χ3v) is 4.13. The fraction of sp³-hybridized carbons (Fsp3) is 0.368. The number of furan rings is 1. The average molecular weight is 407 g/mol. The predicted molar refractivity (Wildman–Crippen MR) is 102 cm³/mol. The second-order valence-electron chi connectivity index (χ2n) is 5.81. The van der Waals surface area contributed by atoms with Crippen molar-refractivity contribution in [2.24, 2.45) is 0 Å². The summed E-state index contributed by atoms with van der Waals surface area (Å²) in [6.45, 7) is 5.73. The van der Waals surface area contributed by atoms with Crippen molar-refractivity contribution in [2.45, 2.75) is 33.1 Å². The molecule has 1 heterocycles. The fourth-order valence-electron chi connectivity index (χ4n) is 2.52. The minimum Gasteiger partial charge on any atom is -0.444 e. The molecule has 2 amide bonds. The number of anilines is 1. The molecular formula is C19H23BrN2O3. The molecule has 0 bridgehead atoms. The highest BCUT2D eigenvalue weighted by Crippen LogP contribution is 2.17. The first-order valence-corrected chi connectivity index (χ1v) is 9.26. The van der Waals surface area contributed by atoms with Gasteiger partial charge in [0, 0.05) is 18.8 Å². The van der Waals surface area contributed by atoms with Gasteiger partial charge in [0.1, 0.15) is 0 Å². The van der Waals surface area contributed by atoms with Crippen molar-refractivity contribution in [1.29, 1.82) is 0 Å². The number of nitrogens with zero attached hydrogens (tertiary/aromatic N) is 1. The van der Waals surface area contributed by atoms with E-state index < -0.39 is 0 Å². The first kappa shape index (κ1) is 19.2. The predicted octanol–water partition coefficient (Wildman–Crippen LogP) is 4.49. The largest absolute Gasteiger partial charge is 0.444 e. The van der Waals surface area contributed by atoms with Gasteiger partial charge in [-0.3, -0.25) is 9.59 Å². The highest BCUT2D eigenvalue weighted by atomic mass is 79.9. The molecule has 25 heavy (non-hydrogen) atoms. The Bertz CT molecular complexity index is 704. The van der Waals surface area contributed by atoms with Gasteiger partial charge in [0.05, 0.1) is 6.42 Å². The molecule has 0 radical (unpaired) electrons. The summed E-state index contributed by atoms with van der Waals surface area (Å²) in [6.07, 6.45) is 2.29. The van der Waals surface area contributed by atoms with E-state index in [-0.39, 0.29) is 17.6 Å². The average Bonchev–Trinajstić information content (AvgIpc) is 3.03. The lowest BCUT2D eigenvalue weighted by Gasteiger charge is -2.21. The number of halogens is 1. The topological polar surface area (TPSA) is 62.6 Å². The van der Waals surface area contributed by atoms with Crippen molar-refractivity contribution in [3.8, 4) is 0 Å². The number of rotatable bonds is 8. The Morgan fingerprint density at radius 2 is 1.68 bits per heavy atom. The zero-order valence-electron chi connectivity index (χ0n) is 14.5. The molecule has 1 aromatic carbocycles. The molecule has 0 saturated heterocycles. The third kappa shape index (κ3) is 5.74. The Labute approximate surface area is 156 Å². The molecule has 0 unspecified atom stereocenters. The number of hydrogen-bond acceptors (Lipinski definition) is 3. The molecule has 2 aromatic rings. The van der Waals surface area contributed by atoms with Gasteiger partial charge in [0.2, 0.25) is 5.91 Å². The Hall–Kier alpha value is -2.08. The van der Waals surface area contributed by atoms with E-state index >= 15 is 0 Å². The van der Waals surface area contributed by atoms with Crippen molar-refractivity contribution < 1.29 is 14.0 Å². The molecule has 0 spiro atoms. The molecule has 0 atom stereocenters. The van der Waals surface area contributed by atoms with E-state index in [9.17, 15) is 9.59 Å². The van der Waals surface area contributed by atoms with Crippen LogP contribution in [0.25, 0.3) is 0 Å². The number of nitrogens with one attached hydrogen (secondary N) is 1. The van der Waals surface area contributed by atoms with Crippen molar-refractivity contribution in [2.75, 3.05) is 18.4 Å². The summed E-state index contributed by atoms with van der Waals surface area (Å²) in [5.74, 6) is 0.0633. The van der Waals surface area contributed by atoms with Crippen LogP contribution in [-0.4, -0.2) is 29.8 Å². The fourth-order valence-corrected chi connectivity index (χ4v) is 2.83. The normalized spacial score (nSPS) is 10.5. The van der Waals surface area contributed by atoms with E-state index in [1.807, 2.05) is 17.0 Å². The van der Waals surface area contributed by atoms with Gasteiger partial charge < -0.3 is 14.6 Å². The van der Waals surface area contributed by atoms with Gasteiger partial charge in [-0.2, -0.15) is 0 Å². The van der Waals surface area contributed by atoms with Gasteiger partial charge in [-0.1, -0.05) is 26.0 Å². The molecule has 0 aliphatic rings. The van der Waals surface area contributed by atoms with Crippen LogP contribution in [0.4, 0.5) is 5.69 Å². The van der Waals surface area contributed by atoms with Crippen LogP contribution >= 0.6 is 15.9 Å². The van der Waals surface area contributed by atoms with Crippen molar-refractivity contribution in [1.82, 2.24) is 4.90 Å². The summed E-state index contributed by atoms with van der Waals surface area (Å²) < 4.78 is 5.73. The maximum absolute atomic E-state index is 12.4. The lowest BCUT2D eigenvalue weighted by Crippen LogP contribution is -2.33. The maximum Gasteiger partial charge on any atom is 0.291 e. The van der Waals surface area contributed by atoms with Crippen molar-refractivity contribution >= 4 is 33.4 Å². The molecule has 0 saturated carbocycles. The van der Waals surface area contributed by atoms with Crippen LogP contribution < -0.4 is 5.32 Å². The Kier molecular flexibility index (Phi) is 7.25. The first-order chi connectivity index (χ1) is 12.0. The van der Waals surface area contributed by atoms with Crippen LogP contribution in [-0.2, 0) is 11.2 Å². The highest BCUT2D eigenvalue weighted by Gasteiger charge is 2.13. The number of amides is 2. The molecule has 5 nitrogen and oxygen atoms in total. The molecular weight excluding hydrogens is 384 g/mol. The van der Waals surface area contributed by atoms with E-state index in [2.05, 4.69) is 35.1 Å². The van der Waals surface area contributed by atoms with Crippen molar-refractivity contribution in [3.05, 3.63) is 52.4 Å². The lowest BCUT2D eigenvalue weighted by molar-refractivity contribution is -0.130. The van der Waals surface area contributed by atoms with E-state index in [1.54, 1.807) is 24.3 Å². The summed E-state index contributed by atoms with van der Waals surface area (Å²) in [5.41, 5.74) is 1.59. The molecule has 134 valence electrons. The van der Waals surface area contributed by atoms with E-state index in [0.29, 0.717) is 16.8 Å².